The van der Waals surface area contributed by atoms with Crippen molar-refractivity contribution in [2.75, 3.05) is 11.1 Å². The summed E-state index contributed by atoms with van der Waals surface area (Å²) in [5.74, 6) is 0.349. The fourth-order valence-electron chi connectivity index (χ4n) is 1.36. The highest BCUT2D eigenvalue weighted by Gasteiger charge is 2.10. The molecule has 0 unspecified atom stereocenters. The summed E-state index contributed by atoms with van der Waals surface area (Å²) in [6.45, 7) is 0. The van der Waals surface area contributed by atoms with Crippen LogP contribution in [0.25, 0.3) is 5.84 Å². The summed E-state index contributed by atoms with van der Waals surface area (Å²) < 4.78 is 6.67. The summed E-state index contributed by atoms with van der Waals surface area (Å²) in [5.41, 5.74) is 0.701. The first-order valence-electron chi connectivity index (χ1n) is 5.31. The number of fused-ring (bicyclic) bond motifs is 1. The molecule has 0 aliphatic rings. The first-order valence-corrected chi connectivity index (χ1v) is 6.29. The van der Waals surface area contributed by atoms with Gasteiger partial charge in [-0.2, -0.15) is 4.52 Å². The van der Waals surface area contributed by atoms with Gasteiger partial charge < -0.3 is 9.73 Å². The molecular weight excluding hydrogens is 268 g/mol. The SMILES string of the molecule is O=C(CSc1nn2cnnc2o1)Nc1ccncc1. The van der Waals surface area contributed by atoms with Crippen LogP contribution in [-0.4, -0.2) is 36.5 Å². The quantitative estimate of drug-likeness (QED) is 0.705. The maximum absolute atomic E-state index is 11.7. The number of hydrogen-bond donors (Lipinski definition) is 1. The number of nitrogens with one attached hydrogen (secondary N) is 1. The molecule has 3 heterocycles. The number of anilines is 1. The van der Waals surface area contributed by atoms with E-state index in [1.54, 1.807) is 24.5 Å². The molecule has 1 amide bonds. The molecule has 3 aromatic rings. The number of aromatic nitrogens is 5. The summed E-state index contributed by atoms with van der Waals surface area (Å²) in [6.07, 6.45) is 4.65. The van der Waals surface area contributed by atoms with Gasteiger partial charge in [0.25, 0.3) is 5.22 Å². The molecule has 19 heavy (non-hydrogen) atoms. The van der Waals surface area contributed by atoms with Gasteiger partial charge in [-0.1, -0.05) is 16.9 Å². The maximum atomic E-state index is 11.7. The molecule has 0 saturated carbocycles. The average Bonchev–Trinajstić information content (AvgIpc) is 2.98. The third-order valence-electron chi connectivity index (χ3n) is 2.16. The molecular formula is C10H8N6O2S. The molecule has 0 bridgehead atoms. The van der Waals surface area contributed by atoms with Gasteiger partial charge in [-0.05, 0) is 12.1 Å². The van der Waals surface area contributed by atoms with E-state index in [9.17, 15) is 4.79 Å². The highest BCUT2D eigenvalue weighted by atomic mass is 32.2. The van der Waals surface area contributed by atoms with Crippen molar-refractivity contribution in [2.45, 2.75) is 5.22 Å². The third kappa shape index (κ3) is 2.71. The van der Waals surface area contributed by atoms with E-state index < -0.39 is 0 Å². The molecule has 96 valence electrons. The van der Waals surface area contributed by atoms with E-state index >= 15 is 0 Å². The number of rotatable bonds is 4. The van der Waals surface area contributed by atoms with Crippen molar-refractivity contribution in [1.29, 1.82) is 0 Å². The summed E-state index contributed by atoms with van der Waals surface area (Å²) in [5, 5.41) is 14.5. The van der Waals surface area contributed by atoms with Gasteiger partial charge in [0.1, 0.15) is 6.33 Å². The zero-order valence-electron chi connectivity index (χ0n) is 9.55. The highest BCUT2D eigenvalue weighted by molar-refractivity contribution is 7.99. The number of carbonyl (C=O) groups excluding carboxylic acids is 1. The molecule has 0 fully saturated rings. The van der Waals surface area contributed by atoms with Crippen molar-refractivity contribution in [1.82, 2.24) is 24.8 Å². The Morgan fingerprint density at radius 3 is 3.05 bits per heavy atom. The predicted octanol–water partition coefficient (Wildman–Crippen LogP) is 0.843. The second kappa shape index (κ2) is 5.06. The highest BCUT2D eigenvalue weighted by Crippen LogP contribution is 2.17. The van der Waals surface area contributed by atoms with Crippen LogP contribution in [-0.2, 0) is 4.79 Å². The van der Waals surface area contributed by atoms with E-state index in [-0.39, 0.29) is 11.7 Å². The summed E-state index contributed by atoms with van der Waals surface area (Å²) in [4.78, 5) is 15.6. The van der Waals surface area contributed by atoms with Crippen molar-refractivity contribution in [3.05, 3.63) is 30.9 Å². The first kappa shape index (κ1) is 11.7. The Bertz CT molecular complexity index is 666. The zero-order chi connectivity index (χ0) is 13.1. The lowest BCUT2D eigenvalue weighted by Crippen LogP contribution is -2.13. The van der Waals surface area contributed by atoms with Gasteiger partial charge in [0.15, 0.2) is 0 Å². The second-order valence-corrected chi connectivity index (χ2v) is 4.43. The molecule has 0 aliphatic carbocycles. The summed E-state index contributed by atoms with van der Waals surface area (Å²) in [6, 6.07) is 3.43. The van der Waals surface area contributed by atoms with Gasteiger partial charge in [-0.25, -0.2) is 0 Å². The number of carbonyl (C=O) groups is 1. The normalized spacial score (nSPS) is 10.7. The van der Waals surface area contributed by atoms with Gasteiger partial charge in [0.2, 0.25) is 5.91 Å². The molecule has 0 radical (unpaired) electrons. The van der Waals surface area contributed by atoms with Crippen LogP contribution in [0.4, 0.5) is 5.69 Å². The van der Waals surface area contributed by atoms with E-state index in [0.29, 0.717) is 16.8 Å². The van der Waals surface area contributed by atoms with Crippen LogP contribution in [0, 0.1) is 0 Å². The number of hydrogen-bond acceptors (Lipinski definition) is 7. The Balaban J connectivity index is 1.57. The Morgan fingerprint density at radius 1 is 1.42 bits per heavy atom. The fraction of sp³-hybridized carbons (Fsp3) is 0.100. The van der Waals surface area contributed by atoms with Crippen molar-refractivity contribution < 1.29 is 9.21 Å². The summed E-state index contributed by atoms with van der Waals surface area (Å²) >= 11 is 1.18. The van der Waals surface area contributed by atoms with Crippen molar-refractivity contribution in [3.8, 4) is 0 Å². The maximum Gasteiger partial charge on any atom is 0.345 e. The molecule has 1 N–H and O–H groups in total. The van der Waals surface area contributed by atoms with Crippen LogP contribution >= 0.6 is 11.8 Å². The van der Waals surface area contributed by atoms with Crippen LogP contribution in [0.2, 0.25) is 0 Å². The molecule has 3 rings (SSSR count). The molecule has 0 aromatic carbocycles. The Hall–Kier alpha value is -2.42. The Morgan fingerprint density at radius 2 is 2.26 bits per heavy atom. The average molecular weight is 276 g/mol. The van der Waals surface area contributed by atoms with Crippen LogP contribution < -0.4 is 5.32 Å². The molecule has 8 nitrogen and oxygen atoms in total. The van der Waals surface area contributed by atoms with E-state index in [1.165, 1.54) is 22.6 Å². The van der Waals surface area contributed by atoms with E-state index in [0.717, 1.165) is 0 Å². The molecule has 3 aromatic heterocycles. The van der Waals surface area contributed by atoms with E-state index in [1.807, 2.05) is 0 Å². The summed E-state index contributed by atoms with van der Waals surface area (Å²) in [7, 11) is 0. The van der Waals surface area contributed by atoms with E-state index in [4.69, 9.17) is 4.42 Å². The Kier molecular flexibility index (Phi) is 3.11. The van der Waals surface area contributed by atoms with Crippen LogP contribution in [0.1, 0.15) is 0 Å². The lowest BCUT2D eigenvalue weighted by molar-refractivity contribution is -0.113. The lowest BCUT2D eigenvalue weighted by Gasteiger charge is -2.02. The van der Waals surface area contributed by atoms with Crippen molar-refractivity contribution in [3.63, 3.8) is 0 Å². The Labute approximate surface area is 111 Å². The van der Waals surface area contributed by atoms with Crippen LogP contribution in [0.15, 0.2) is 40.5 Å². The molecule has 0 atom stereocenters. The number of pyridine rings is 1. The predicted molar refractivity (Wildman–Crippen MR) is 66.6 cm³/mol. The van der Waals surface area contributed by atoms with Crippen LogP contribution in [0.5, 0.6) is 0 Å². The van der Waals surface area contributed by atoms with Gasteiger partial charge in [-0.3, -0.25) is 9.78 Å². The minimum absolute atomic E-state index is 0.148. The topological polar surface area (TPSA) is 98.2 Å². The van der Waals surface area contributed by atoms with Gasteiger partial charge in [0, 0.05) is 18.1 Å². The number of amides is 1. The molecule has 0 aliphatic heterocycles. The van der Waals surface area contributed by atoms with Crippen molar-refractivity contribution in [2.24, 2.45) is 0 Å². The second-order valence-electron chi connectivity index (χ2n) is 3.50. The van der Waals surface area contributed by atoms with Gasteiger partial charge in [-0.15, -0.1) is 10.2 Å². The fourth-order valence-corrected chi connectivity index (χ4v) is 1.97. The smallest absolute Gasteiger partial charge is 0.345 e. The number of nitrogens with zero attached hydrogens (tertiary/aromatic N) is 5. The van der Waals surface area contributed by atoms with Crippen LogP contribution in [0.3, 0.4) is 0 Å². The lowest BCUT2D eigenvalue weighted by atomic mass is 10.4. The first-order chi connectivity index (χ1) is 9.31. The largest absolute Gasteiger partial charge is 0.396 e. The van der Waals surface area contributed by atoms with E-state index in [2.05, 4.69) is 25.6 Å². The van der Waals surface area contributed by atoms with Gasteiger partial charge >= 0.3 is 5.84 Å². The monoisotopic (exact) mass is 276 g/mol. The van der Waals surface area contributed by atoms with Gasteiger partial charge in [0.05, 0.1) is 5.75 Å². The molecule has 0 spiro atoms. The standard InChI is InChI=1S/C10H8N6O2S/c17-8(13-7-1-3-11-4-2-7)5-19-10-15-16-6-12-14-9(16)18-10/h1-4,6H,5H2,(H,11,13,17). The minimum Gasteiger partial charge on any atom is -0.396 e. The van der Waals surface area contributed by atoms with Crippen molar-refractivity contribution >= 4 is 29.2 Å². The third-order valence-corrected chi connectivity index (χ3v) is 2.98. The molecule has 9 heteroatoms. The minimum atomic E-state index is -0.148. The molecule has 0 saturated heterocycles. The number of thioether (sulfide) groups is 1. The zero-order valence-corrected chi connectivity index (χ0v) is 10.4.